The molecule has 0 aromatic heterocycles. The van der Waals surface area contributed by atoms with E-state index < -0.39 is 0 Å². The van der Waals surface area contributed by atoms with Gasteiger partial charge in [0.2, 0.25) is 0 Å². The molecule has 2 aliphatic carbocycles. The molecule has 24 heavy (non-hydrogen) atoms. The molecule has 0 radical (unpaired) electrons. The van der Waals surface area contributed by atoms with Gasteiger partial charge in [0, 0.05) is 5.33 Å². The summed E-state index contributed by atoms with van der Waals surface area (Å²) in [5.74, 6) is 2.43. The van der Waals surface area contributed by atoms with Gasteiger partial charge in [0.25, 0.3) is 0 Å². The molecule has 0 saturated heterocycles. The van der Waals surface area contributed by atoms with Crippen molar-refractivity contribution in [1.82, 2.24) is 0 Å². The molecule has 0 aliphatic heterocycles. The second kappa shape index (κ2) is 6.44. The Morgan fingerprint density at radius 2 is 1.67 bits per heavy atom. The zero-order chi connectivity index (χ0) is 16.7. The largest absolute Gasteiger partial charge is 0.508 e. The quantitative estimate of drug-likeness (QED) is 0.658. The van der Waals surface area contributed by atoms with Crippen LogP contribution in [0.15, 0.2) is 36.4 Å². The number of halogens is 1. The number of benzene rings is 2. The van der Waals surface area contributed by atoms with Crippen LogP contribution >= 0.6 is 15.9 Å². The predicted octanol–water partition coefficient (Wildman–Crippen LogP) is 5.61. The van der Waals surface area contributed by atoms with Crippen LogP contribution in [-0.4, -0.2) is 10.2 Å². The molecule has 2 nitrogen and oxygen atoms in total. The van der Waals surface area contributed by atoms with E-state index in [1.807, 2.05) is 24.3 Å². The van der Waals surface area contributed by atoms with Crippen LogP contribution in [0.2, 0.25) is 0 Å². The van der Waals surface area contributed by atoms with Crippen molar-refractivity contribution in [3.05, 3.63) is 58.7 Å². The van der Waals surface area contributed by atoms with Crippen molar-refractivity contribution in [3.63, 3.8) is 0 Å². The number of aromatic hydroxyl groups is 2. The second-order valence-electron chi connectivity index (χ2n) is 7.26. The Labute approximate surface area is 151 Å². The van der Waals surface area contributed by atoms with Crippen LogP contribution in [0.5, 0.6) is 11.5 Å². The maximum absolute atomic E-state index is 10.2. The zero-order valence-electron chi connectivity index (χ0n) is 13.7. The van der Waals surface area contributed by atoms with Crippen molar-refractivity contribution in [2.24, 2.45) is 5.92 Å². The van der Waals surface area contributed by atoms with Crippen LogP contribution in [0.4, 0.5) is 0 Å². The third kappa shape index (κ3) is 2.73. The molecule has 2 aromatic carbocycles. The van der Waals surface area contributed by atoms with Gasteiger partial charge in [-0.15, -0.1) is 0 Å². The van der Waals surface area contributed by atoms with Gasteiger partial charge in [-0.1, -0.05) is 40.9 Å². The fraction of sp³-hybridized carbons (Fsp3) is 0.429. The Morgan fingerprint density at radius 1 is 0.917 bits per heavy atom. The Bertz CT molecular complexity index is 738. The number of hydrogen-bond acceptors (Lipinski definition) is 2. The third-order valence-corrected chi connectivity index (χ3v) is 6.59. The third-order valence-electron chi connectivity index (χ3n) is 5.99. The molecule has 126 valence electrons. The topological polar surface area (TPSA) is 40.5 Å². The van der Waals surface area contributed by atoms with Gasteiger partial charge in [-0.25, -0.2) is 0 Å². The lowest BCUT2D eigenvalue weighted by Crippen LogP contribution is -2.31. The molecular weight excluding hydrogens is 364 g/mol. The number of phenols is 2. The molecule has 0 heterocycles. The minimum atomic E-state index is 0.334. The van der Waals surface area contributed by atoms with Gasteiger partial charge in [0.15, 0.2) is 0 Å². The number of rotatable bonds is 2. The van der Waals surface area contributed by atoms with Gasteiger partial charge < -0.3 is 10.2 Å². The van der Waals surface area contributed by atoms with Gasteiger partial charge in [0.1, 0.15) is 11.5 Å². The van der Waals surface area contributed by atoms with E-state index in [0.717, 1.165) is 11.8 Å². The van der Waals surface area contributed by atoms with Crippen molar-refractivity contribution < 1.29 is 10.2 Å². The van der Waals surface area contributed by atoms with Gasteiger partial charge in [0.05, 0.1) is 0 Å². The number of phenolic OH excluding ortho intramolecular Hbond substituents is 2. The van der Waals surface area contributed by atoms with Crippen molar-refractivity contribution in [2.75, 3.05) is 0 Å². The predicted molar refractivity (Wildman–Crippen MR) is 100.0 cm³/mol. The molecule has 1 saturated carbocycles. The summed E-state index contributed by atoms with van der Waals surface area (Å²) in [5, 5.41) is 20.6. The summed E-state index contributed by atoms with van der Waals surface area (Å²) in [6.07, 6.45) is 6.09. The Morgan fingerprint density at radius 3 is 2.42 bits per heavy atom. The number of hydrogen-bond donors (Lipinski definition) is 2. The van der Waals surface area contributed by atoms with Crippen molar-refractivity contribution in [1.29, 1.82) is 0 Å². The molecule has 0 spiro atoms. The fourth-order valence-corrected chi connectivity index (χ4v) is 5.42. The van der Waals surface area contributed by atoms with Crippen LogP contribution in [0.1, 0.15) is 59.8 Å². The van der Waals surface area contributed by atoms with Crippen molar-refractivity contribution >= 4 is 15.9 Å². The molecule has 0 unspecified atom stereocenters. The van der Waals surface area contributed by atoms with Crippen molar-refractivity contribution in [3.8, 4) is 11.5 Å². The van der Waals surface area contributed by atoms with E-state index in [1.165, 1.54) is 47.9 Å². The van der Waals surface area contributed by atoms with Gasteiger partial charge in [-0.05, 0) is 83.5 Å². The van der Waals surface area contributed by atoms with E-state index in [2.05, 4.69) is 28.1 Å². The highest BCUT2D eigenvalue weighted by molar-refractivity contribution is 9.08. The minimum Gasteiger partial charge on any atom is -0.508 e. The van der Waals surface area contributed by atoms with Crippen LogP contribution in [0, 0.1) is 5.92 Å². The second-order valence-corrected chi connectivity index (χ2v) is 7.82. The summed E-state index contributed by atoms with van der Waals surface area (Å²) in [5.41, 5.74) is 5.36. The van der Waals surface area contributed by atoms with E-state index in [9.17, 15) is 10.2 Å². The summed E-state index contributed by atoms with van der Waals surface area (Å²) < 4.78 is 0. The first-order valence-corrected chi connectivity index (χ1v) is 9.99. The number of fused-ring (bicyclic) bond motifs is 3. The molecule has 3 heteroatoms. The average molecular weight is 387 g/mol. The van der Waals surface area contributed by atoms with Crippen LogP contribution < -0.4 is 0 Å². The highest BCUT2D eigenvalue weighted by Gasteiger charge is 2.39. The first-order chi connectivity index (χ1) is 11.7. The molecule has 2 N–H and O–H groups in total. The SMILES string of the molecule is Oc1ccc([C@@H]2Cc3c(CBr)cc(O)cc3[C@@H]3CCCC[C@H]23)cc1. The van der Waals surface area contributed by atoms with Gasteiger partial charge in [-0.3, -0.25) is 0 Å². The maximum atomic E-state index is 10.2. The Balaban J connectivity index is 1.82. The summed E-state index contributed by atoms with van der Waals surface area (Å²) in [6, 6.07) is 11.7. The Kier molecular flexibility index (Phi) is 4.29. The van der Waals surface area contributed by atoms with Crippen LogP contribution in [0.25, 0.3) is 0 Å². The summed E-state index contributed by atoms with van der Waals surface area (Å²) in [7, 11) is 0. The lowest BCUT2D eigenvalue weighted by Gasteiger charge is -2.43. The summed E-state index contributed by atoms with van der Waals surface area (Å²) >= 11 is 3.60. The molecule has 0 amide bonds. The maximum Gasteiger partial charge on any atom is 0.116 e. The molecule has 4 rings (SSSR count). The van der Waals surface area contributed by atoms with E-state index in [0.29, 0.717) is 29.3 Å². The van der Waals surface area contributed by atoms with Gasteiger partial charge in [-0.2, -0.15) is 0 Å². The lowest BCUT2D eigenvalue weighted by atomic mass is 9.61. The first kappa shape index (κ1) is 16.0. The molecule has 1 fully saturated rings. The van der Waals surface area contributed by atoms with E-state index >= 15 is 0 Å². The minimum absolute atomic E-state index is 0.334. The van der Waals surface area contributed by atoms with Crippen molar-refractivity contribution in [2.45, 2.75) is 49.3 Å². The summed E-state index contributed by atoms with van der Waals surface area (Å²) in [4.78, 5) is 0. The standard InChI is InChI=1S/C21H23BrO2/c22-12-14-9-16(24)10-21-18-4-2-1-3-17(18)19(11-20(14)21)13-5-7-15(23)8-6-13/h5-10,17-19,23-24H,1-4,11-12H2/t17-,18+,19-/m0/s1. The molecule has 2 aromatic rings. The molecular formula is C21H23BrO2. The van der Waals surface area contributed by atoms with Crippen LogP contribution in [-0.2, 0) is 11.8 Å². The average Bonchev–Trinajstić information content (AvgIpc) is 2.61. The first-order valence-electron chi connectivity index (χ1n) is 8.87. The zero-order valence-corrected chi connectivity index (χ0v) is 15.3. The monoisotopic (exact) mass is 386 g/mol. The Hall–Kier alpha value is -1.48. The van der Waals surface area contributed by atoms with Gasteiger partial charge >= 0.3 is 0 Å². The molecule has 3 atom stereocenters. The van der Waals surface area contributed by atoms with E-state index in [1.54, 1.807) is 0 Å². The van der Waals surface area contributed by atoms with E-state index in [4.69, 9.17) is 0 Å². The summed E-state index contributed by atoms with van der Waals surface area (Å²) in [6.45, 7) is 0. The van der Waals surface area contributed by atoms with Crippen LogP contribution in [0.3, 0.4) is 0 Å². The molecule has 0 bridgehead atoms. The molecule has 2 aliphatic rings. The highest BCUT2D eigenvalue weighted by atomic mass is 79.9. The lowest BCUT2D eigenvalue weighted by molar-refractivity contribution is 0.242. The highest BCUT2D eigenvalue weighted by Crippen LogP contribution is 2.52. The smallest absolute Gasteiger partial charge is 0.116 e. The number of alkyl halides is 1. The van der Waals surface area contributed by atoms with E-state index in [-0.39, 0.29) is 0 Å². The normalized spacial score (nSPS) is 25.8. The fourth-order valence-electron chi connectivity index (χ4n) is 4.92.